The van der Waals surface area contributed by atoms with E-state index in [0.717, 1.165) is 164 Å². The van der Waals surface area contributed by atoms with Crippen LogP contribution in [0, 0.1) is 39.0 Å². The molecule has 6 heterocycles. The number of hydrogen-bond acceptors (Lipinski definition) is 3. The van der Waals surface area contributed by atoms with Crippen molar-refractivity contribution in [3.05, 3.63) is 234 Å². The SMILES string of the molecule is Cc1ccc2c3ccccc3n(-c3c(C#N)c(-n4c5ccccc5c5ccc(C)cc54)c(-n4c5ccccc5c5ccc(C)cc54)c(-c4cccc5c4sc4cccnc45)c3-n3c4ccccc4c4ccc(C)cc43)c2c1. The first-order chi connectivity index (χ1) is 37.8. The summed E-state index contributed by atoms with van der Waals surface area (Å²) < 4.78 is 12.1. The maximum absolute atomic E-state index is 13.0. The molecule has 6 aromatic heterocycles. The molecule has 77 heavy (non-hydrogen) atoms. The Hall–Kier alpha value is -9.74. The third-order valence-electron chi connectivity index (χ3n) is 16.2. The molecular formula is C70H46N6S. The molecule has 0 bridgehead atoms. The molecule has 0 aliphatic rings. The van der Waals surface area contributed by atoms with Crippen molar-refractivity contribution in [2.75, 3.05) is 0 Å². The van der Waals surface area contributed by atoms with Gasteiger partial charge < -0.3 is 18.3 Å². The molecule has 0 unspecified atom stereocenters. The number of rotatable bonds is 5. The zero-order valence-corrected chi connectivity index (χ0v) is 43.5. The Labute approximate surface area is 446 Å². The summed E-state index contributed by atoms with van der Waals surface area (Å²) in [5.74, 6) is 0. The van der Waals surface area contributed by atoms with Crippen LogP contribution in [-0.4, -0.2) is 23.3 Å². The monoisotopic (exact) mass is 1000 g/mol. The summed E-state index contributed by atoms with van der Waals surface area (Å²) in [6, 6.07) is 76.4. The molecule has 0 fully saturated rings. The highest BCUT2D eigenvalue weighted by Crippen LogP contribution is 2.54. The van der Waals surface area contributed by atoms with Gasteiger partial charge in [0.1, 0.15) is 11.6 Å². The standard InChI is InChI=1S/C70H46N6S/c1-40-26-30-48-44-15-5-9-21-55(44)73(59(48)35-40)66-54(39-71)67(74-56-22-10-6-16-45(56)49-31-27-41(2)36-60(49)74)69(76-58-24-12-8-18-47(58)51-33-29-43(4)38-62(51)76)64(52-19-13-20-53-65-63(77-70(52)53)25-14-34-72-65)68(66)75-57-23-11-7-17-46(57)50-32-28-42(3)37-61(50)75/h5-38H,1-4H3. The number of benzene rings is 10. The Morgan fingerprint density at radius 3 is 1.13 bits per heavy atom. The molecule has 0 saturated heterocycles. The van der Waals surface area contributed by atoms with Crippen LogP contribution >= 0.6 is 11.3 Å². The smallest absolute Gasteiger partial charge is 0.104 e. The van der Waals surface area contributed by atoms with Gasteiger partial charge in [0.15, 0.2) is 0 Å². The van der Waals surface area contributed by atoms with Crippen molar-refractivity contribution in [1.29, 1.82) is 5.26 Å². The molecule has 16 rings (SSSR count). The lowest BCUT2D eigenvalue weighted by Crippen LogP contribution is -2.16. The lowest BCUT2D eigenvalue weighted by Gasteiger charge is -2.29. The summed E-state index contributed by atoms with van der Waals surface area (Å²) in [5.41, 5.74) is 19.8. The summed E-state index contributed by atoms with van der Waals surface area (Å²) in [6.45, 7) is 8.71. The summed E-state index contributed by atoms with van der Waals surface area (Å²) in [7, 11) is 0. The van der Waals surface area contributed by atoms with Crippen molar-refractivity contribution in [1.82, 2.24) is 23.3 Å². The van der Waals surface area contributed by atoms with E-state index >= 15 is 0 Å². The fraction of sp³-hybridized carbons (Fsp3) is 0.0571. The quantitative estimate of drug-likeness (QED) is 0.172. The molecule has 0 aliphatic carbocycles. The number of pyridine rings is 1. The predicted molar refractivity (Wildman–Crippen MR) is 324 cm³/mol. The molecule has 0 saturated carbocycles. The number of hydrogen-bond donors (Lipinski definition) is 0. The summed E-state index contributed by atoms with van der Waals surface area (Å²) >= 11 is 1.79. The Kier molecular flexibility index (Phi) is 9.14. The number of aromatic nitrogens is 5. The number of nitriles is 1. The van der Waals surface area contributed by atoms with E-state index in [9.17, 15) is 5.26 Å². The molecule has 0 spiro atoms. The molecule has 0 N–H and O–H groups in total. The maximum atomic E-state index is 13.0. The predicted octanol–water partition coefficient (Wildman–Crippen LogP) is 18.6. The molecule has 362 valence electrons. The fourth-order valence-electron chi connectivity index (χ4n) is 13.0. The van der Waals surface area contributed by atoms with Gasteiger partial charge in [0.25, 0.3) is 0 Å². The molecule has 6 nitrogen and oxygen atoms in total. The van der Waals surface area contributed by atoms with E-state index in [-0.39, 0.29) is 0 Å². The van der Waals surface area contributed by atoms with Gasteiger partial charge in [-0.15, -0.1) is 11.3 Å². The van der Waals surface area contributed by atoms with E-state index in [4.69, 9.17) is 4.98 Å². The minimum Gasteiger partial charge on any atom is -0.306 e. The van der Waals surface area contributed by atoms with Gasteiger partial charge >= 0.3 is 0 Å². The summed E-state index contributed by atoms with van der Waals surface area (Å²) in [4.78, 5) is 5.08. The van der Waals surface area contributed by atoms with Crippen LogP contribution in [0.3, 0.4) is 0 Å². The highest BCUT2D eigenvalue weighted by atomic mass is 32.1. The van der Waals surface area contributed by atoms with Gasteiger partial charge in [-0.1, -0.05) is 140 Å². The highest BCUT2D eigenvalue weighted by molar-refractivity contribution is 7.26. The van der Waals surface area contributed by atoms with Crippen molar-refractivity contribution in [3.63, 3.8) is 0 Å². The average Bonchev–Trinajstić information content (AvgIpc) is 4.37. The van der Waals surface area contributed by atoms with Gasteiger partial charge in [0.05, 0.1) is 77.1 Å². The van der Waals surface area contributed by atoms with Crippen molar-refractivity contribution in [3.8, 4) is 39.9 Å². The molecule has 16 aromatic rings. The van der Waals surface area contributed by atoms with E-state index in [1.54, 1.807) is 11.3 Å². The Morgan fingerprint density at radius 1 is 0.364 bits per heavy atom. The van der Waals surface area contributed by atoms with Gasteiger partial charge in [0, 0.05) is 70.5 Å². The van der Waals surface area contributed by atoms with Gasteiger partial charge in [-0.05, 0) is 111 Å². The Morgan fingerprint density at radius 2 is 0.727 bits per heavy atom. The fourth-order valence-corrected chi connectivity index (χ4v) is 14.2. The zero-order valence-electron chi connectivity index (χ0n) is 42.7. The van der Waals surface area contributed by atoms with Crippen molar-refractivity contribution in [2.45, 2.75) is 27.7 Å². The largest absolute Gasteiger partial charge is 0.306 e. The van der Waals surface area contributed by atoms with Crippen LogP contribution in [0.5, 0.6) is 0 Å². The molecule has 0 aliphatic heterocycles. The zero-order chi connectivity index (χ0) is 51.4. The van der Waals surface area contributed by atoms with Crippen LogP contribution in [0.4, 0.5) is 0 Å². The van der Waals surface area contributed by atoms with E-state index in [2.05, 4.69) is 246 Å². The number of thiophene rings is 1. The van der Waals surface area contributed by atoms with Gasteiger partial charge in [-0.2, -0.15) is 5.26 Å². The molecule has 0 amide bonds. The topological polar surface area (TPSA) is 56.4 Å². The summed E-state index contributed by atoms with van der Waals surface area (Å²) in [5, 5.41) is 23.1. The second-order valence-electron chi connectivity index (χ2n) is 20.9. The molecule has 10 aromatic carbocycles. The van der Waals surface area contributed by atoms with Gasteiger partial charge in [-0.25, -0.2) is 0 Å². The van der Waals surface area contributed by atoms with Crippen LogP contribution in [0.15, 0.2) is 206 Å². The first-order valence-corrected chi connectivity index (χ1v) is 27.1. The second-order valence-corrected chi connectivity index (χ2v) is 21.9. The number of nitrogens with zero attached hydrogens (tertiary/aromatic N) is 6. The molecule has 0 atom stereocenters. The Balaban J connectivity index is 1.30. The van der Waals surface area contributed by atoms with E-state index in [1.807, 2.05) is 12.3 Å². The average molecular weight is 1000 g/mol. The second kappa shape index (κ2) is 16.1. The highest BCUT2D eigenvalue weighted by Gasteiger charge is 2.36. The van der Waals surface area contributed by atoms with E-state index in [0.29, 0.717) is 5.56 Å². The first-order valence-electron chi connectivity index (χ1n) is 26.3. The van der Waals surface area contributed by atoms with Crippen LogP contribution in [0.2, 0.25) is 0 Å². The van der Waals surface area contributed by atoms with Crippen molar-refractivity contribution < 1.29 is 0 Å². The van der Waals surface area contributed by atoms with Gasteiger partial charge in [-0.3, -0.25) is 4.98 Å². The van der Waals surface area contributed by atoms with Crippen LogP contribution in [0.1, 0.15) is 27.8 Å². The van der Waals surface area contributed by atoms with Crippen LogP contribution < -0.4 is 0 Å². The molecule has 0 radical (unpaired) electrons. The van der Waals surface area contributed by atoms with Gasteiger partial charge in [0.2, 0.25) is 0 Å². The van der Waals surface area contributed by atoms with Crippen LogP contribution in [0.25, 0.3) is 141 Å². The van der Waals surface area contributed by atoms with E-state index < -0.39 is 0 Å². The van der Waals surface area contributed by atoms with Crippen molar-refractivity contribution >= 4 is 119 Å². The third-order valence-corrected chi connectivity index (χ3v) is 17.4. The minimum atomic E-state index is 0.550. The lowest BCUT2D eigenvalue weighted by atomic mass is 9.92. The normalized spacial score (nSPS) is 12.1. The lowest BCUT2D eigenvalue weighted by molar-refractivity contribution is 1.04. The summed E-state index contributed by atoms with van der Waals surface area (Å²) in [6.07, 6.45) is 1.91. The third kappa shape index (κ3) is 6.02. The van der Waals surface area contributed by atoms with E-state index in [1.165, 1.54) is 0 Å². The Bertz CT molecular complexity index is 5030. The van der Waals surface area contributed by atoms with Crippen molar-refractivity contribution in [2.24, 2.45) is 0 Å². The van der Waals surface area contributed by atoms with Crippen LogP contribution in [-0.2, 0) is 0 Å². The number of para-hydroxylation sites is 4. The minimum absolute atomic E-state index is 0.550. The maximum Gasteiger partial charge on any atom is 0.104 e. The number of fused-ring (bicyclic) bond motifs is 15. The first kappa shape index (κ1) is 43.6. The number of aryl methyl sites for hydroxylation is 4. The molecule has 7 heteroatoms. The molecular weight excluding hydrogens is 957 g/mol.